The molecule has 2 aromatic rings. The molecule has 3 rings (SSSR count). The number of alkyl halides is 3. The molecule has 1 aromatic heterocycles. The number of piperidine rings is 1. The molecule has 0 aliphatic carbocycles. The fourth-order valence-electron chi connectivity index (χ4n) is 3.42. The van der Waals surface area contributed by atoms with Crippen molar-refractivity contribution in [1.29, 1.82) is 0 Å². The first-order valence-electron chi connectivity index (χ1n) is 10.0. The summed E-state index contributed by atoms with van der Waals surface area (Å²) in [6.07, 6.45) is -0.0797. The fourth-order valence-corrected chi connectivity index (χ4v) is 3.55. The van der Waals surface area contributed by atoms with Crippen molar-refractivity contribution >= 4 is 34.9 Å². The van der Waals surface area contributed by atoms with Gasteiger partial charge in [0.15, 0.2) is 0 Å². The van der Waals surface area contributed by atoms with Crippen molar-refractivity contribution in [2.24, 2.45) is 5.92 Å². The molecule has 1 aliphatic rings. The molecule has 0 bridgehead atoms. The number of pyridine rings is 1. The minimum Gasteiger partial charge on any atom is -0.371 e. The zero-order valence-corrected chi connectivity index (χ0v) is 17.8. The molecule has 3 amide bonds. The molecule has 32 heavy (non-hydrogen) atoms. The number of halogens is 4. The summed E-state index contributed by atoms with van der Waals surface area (Å²) in [7, 11) is 0. The second-order valence-corrected chi connectivity index (χ2v) is 7.90. The Bertz CT molecular complexity index is 904. The van der Waals surface area contributed by atoms with E-state index >= 15 is 0 Å². The van der Waals surface area contributed by atoms with Gasteiger partial charge in [-0.2, -0.15) is 13.2 Å². The van der Waals surface area contributed by atoms with E-state index in [0.717, 1.165) is 31.6 Å². The molecule has 0 radical (unpaired) electrons. The Kier molecular flexibility index (Phi) is 7.79. The summed E-state index contributed by atoms with van der Waals surface area (Å²) >= 11 is 5.74. The van der Waals surface area contributed by atoms with Gasteiger partial charge < -0.3 is 20.9 Å². The zero-order valence-electron chi connectivity index (χ0n) is 17.0. The van der Waals surface area contributed by atoms with E-state index in [0.29, 0.717) is 5.02 Å². The molecule has 1 atom stereocenters. The first kappa shape index (κ1) is 23.6. The summed E-state index contributed by atoms with van der Waals surface area (Å²) in [5.74, 6) is -1.24. The number of rotatable bonds is 6. The van der Waals surface area contributed by atoms with Gasteiger partial charge in [0.25, 0.3) is 5.91 Å². The Balaban J connectivity index is 1.49. The van der Waals surface area contributed by atoms with Gasteiger partial charge in [0.1, 0.15) is 0 Å². The van der Waals surface area contributed by atoms with Crippen molar-refractivity contribution in [1.82, 2.24) is 15.6 Å². The zero-order chi connectivity index (χ0) is 23.1. The van der Waals surface area contributed by atoms with Crippen LogP contribution in [0.25, 0.3) is 0 Å². The topological polar surface area (TPSA) is 86.4 Å². The maximum atomic E-state index is 13.4. The van der Waals surface area contributed by atoms with Crippen LogP contribution in [0.3, 0.4) is 0 Å². The van der Waals surface area contributed by atoms with Gasteiger partial charge in [0.2, 0.25) is 6.04 Å². The Labute approximate surface area is 188 Å². The fraction of sp³-hybridized carbons (Fsp3) is 0.381. The van der Waals surface area contributed by atoms with Crippen molar-refractivity contribution in [3.8, 4) is 0 Å². The van der Waals surface area contributed by atoms with Crippen LogP contribution in [-0.4, -0.2) is 48.8 Å². The van der Waals surface area contributed by atoms with Crippen LogP contribution < -0.4 is 20.9 Å². The molecule has 172 valence electrons. The van der Waals surface area contributed by atoms with Gasteiger partial charge in [0, 0.05) is 48.4 Å². The highest BCUT2D eigenvalue weighted by Gasteiger charge is 2.46. The van der Waals surface area contributed by atoms with Crippen LogP contribution in [0, 0.1) is 5.92 Å². The van der Waals surface area contributed by atoms with E-state index in [-0.39, 0.29) is 18.2 Å². The summed E-state index contributed by atoms with van der Waals surface area (Å²) in [5, 5.41) is 6.71. The quantitative estimate of drug-likeness (QED) is 0.600. The van der Waals surface area contributed by atoms with Crippen molar-refractivity contribution in [2.45, 2.75) is 25.1 Å². The van der Waals surface area contributed by atoms with Crippen LogP contribution >= 0.6 is 11.6 Å². The molecular formula is C21H23ClF3N5O2. The number of nitrogens with one attached hydrogen (secondary N) is 3. The van der Waals surface area contributed by atoms with Gasteiger partial charge in [-0.05, 0) is 55.2 Å². The second-order valence-electron chi connectivity index (χ2n) is 7.46. The summed E-state index contributed by atoms with van der Waals surface area (Å²) in [6, 6.07) is 5.82. The minimum absolute atomic E-state index is 0.0498. The highest BCUT2D eigenvalue weighted by Crippen LogP contribution is 2.23. The van der Waals surface area contributed by atoms with E-state index in [1.165, 1.54) is 24.3 Å². The number of carbonyl (C=O) groups is 2. The van der Waals surface area contributed by atoms with E-state index in [2.05, 4.69) is 20.5 Å². The molecule has 1 aliphatic heterocycles. The number of amides is 3. The predicted octanol–water partition coefficient (Wildman–Crippen LogP) is 3.82. The predicted molar refractivity (Wildman–Crippen MR) is 116 cm³/mol. The lowest BCUT2D eigenvalue weighted by Gasteiger charge is -2.33. The summed E-state index contributed by atoms with van der Waals surface area (Å²) in [5.41, 5.74) is 1.28. The molecule has 3 N–H and O–H groups in total. The summed E-state index contributed by atoms with van der Waals surface area (Å²) in [4.78, 5) is 30.4. The smallest absolute Gasteiger partial charge is 0.371 e. The number of benzene rings is 1. The number of urea groups is 1. The average molecular weight is 470 g/mol. The van der Waals surface area contributed by atoms with Gasteiger partial charge >= 0.3 is 12.2 Å². The number of hydrogen-bond acceptors (Lipinski definition) is 4. The Morgan fingerprint density at radius 2 is 1.72 bits per heavy atom. The average Bonchev–Trinajstić information content (AvgIpc) is 2.77. The number of hydrogen-bond donors (Lipinski definition) is 3. The van der Waals surface area contributed by atoms with Crippen molar-refractivity contribution in [3.63, 3.8) is 0 Å². The molecule has 11 heteroatoms. The standard InChI is InChI=1S/C21H23ClF3N5O2/c22-15-1-3-16(4-2-15)28-20(32)29-18(21(23,24)25)19(31)27-13-14-7-11-30(12-8-14)17-5-9-26-10-6-17/h1-6,9-10,14,18H,7-8,11-13H2,(H,27,31)(H2,28,29,32). The largest absolute Gasteiger partial charge is 0.417 e. The molecule has 2 heterocycles. The van der Waals surface area contributed by atoms with Gasteiger partial charge in [-0.25, -0.2) is 4.79 Å². The Morgan fingerprint density at radius 1 is 1.09 bits per heavy atom. The molecule has 1 saturated heterocycles. The minimum atomic E-state index is -4.94. The monoisotopic (exact) mass is 469 g/mol. The van der Waals surface area contributed by atoms with Crippen LogP contribution in [-0.2, 0) is 4.79 Å². The van der Waals surface area contributed by atoms with Crippen molar-refractivity contribution in [2.75, 3.05) is 29.9 Å². The molecule has 0 saturated carbocycles. The third-order valence-corrected chi connectivity index (χ3v) is 5.43. The van der Waals surface area contributed by atoms with Crippen LogP contribution in [0.15, 0.2) is 48.8 Å². The molecule has 1 fully saturated rings. The van der Waals surface area contributed by atoms with Gasteiger partial charge in [0.05, 0.1) is 0 Å². The van der Waals surface area contributed by atoms with Crippen molar-refractivity contribution in [3.05, 3.63) is 53.8 Å². The number of nitrogens with zero attached hydrogens (tertiary/aromatic N) is 2. The number of aromatic nitrogens is 1. The first-order valence-corrected chi connectivity index (χ1v) is 10.4. The molecule has 7 nitrogen and oxygen atoms in total. The van der Waals surface area contributed by atoms with Crippen LogP contribution in [0.1, 0.15) is 12.8 Å². The lowest BCUT2D eigenvalue weighted by atomic mass is 9.96. The number of anilines is 2. The summed E-state index contributed by atoms with van der Waals surface area (Å²) < 4.78 is 40.2. The van der Waals surface area contributed by atoms with Crippen LogP contribution in [0.4, 0.5) is 29.3 Å². The van der Waals surface area contributed by atoms with Crippen molar-refractivity contribution < 1.29 is 22.8 Å². The second kappa shape index (κ2) is 10.5. The molecule has 0 spiro atoms. The van der Waals surface area contributed by atoms with Gasteiger partial charge in [-0.1, -0.05) is 11.6 Å². The van der Waals surface area contributed by atoms with E-state index in [1.807, 2.05) is 12.1 Å². The lowest BCUT2D eigenvalue weighted by Crippen LogP contribution is -2.56. The highest BCUT2D eigenvalue weighted by molar-refractivity contribution is 6.30. The Morgan fingerprint density at radius 3 is 2.31 bits per heavy atom. The Hall–Kier alpha value is -3.01. The van der Waals surface area contributed by atoms with E-state index in [9.17, 15) is 22.8 Å². The summed E-state index contributed by atoms with van der Waals surface area (Å²) in [6.45, 7) is 1.57. The van der Waals surface area contributed by atoms with Crippen LogP contribution in [0.5, 0.6) is 0 Å². The van der Waals surface area contributed by atoms with E-state index in [1.54, 1.807) is 17.7 Å². The molecule has 1 aromatic carbocycles. The van der Waals surface area contributed by atoms with E-state index in [4.69, 9.17) is 11.6 Å². The SMILES string of the molecule is O=C(Nc1ccc(Cl)cc1)NC(C(=O)NCC1CCN(c2ccncc2)CC1)C(F)(F)F. The molecular weight excluding hydrogens is 447 g/mol. The lowest BCUT2D eigenvalue weighted by molar-refractivity contribution is -0.166. The third-order valence-electron chi connectivity index (χ3n) is 5.17. The molecule has 1 unspecified atom stereocenters. The maximum Gasteiger partial charge on any atom is 0.417 e. The first-order chi connectivity index (χ1) is 15.2. The van der Waals surface area contributed by atoms with Gasteiger partial charge in [-0.15, -0.1) is 0 Å². The third kappa shape index (κ3) is 6.74. The number of carbonyl (C=O) groups excluding carboxylic acids is 2. The highest BCUT2D eigenvalue weighted by atomic mass is 35.5. The van der Waals surface area contributed by atoms with E-state index < -0.39 is 24.2 Å². The normalized spacial score (nSPS) is 15.7. The van der Waals surface area contributed by atoms with Gasteiger partial charge in [-0.3, -0.25) is 9.78 Å². The van der Waals surface area contributed by atoms with Crippen LogP contribution in [0.2, 0.25) is 5.02 Å². The maximum absolute atomic E-state index is 13.4.